The average molecular weight is 249 g/mol. The molecule has 1 N–H and O–H groups in total. The largest absolute Gasteiger partial charge is 0.433 e. The number of hydrogen-bond acceptors (Lipinski definition) is 5. The number of ether oxygens (including phenoxy) is 1. The second-order valence-electron chi connectivity index (χ2n) is 3.83. The van der Waals surface area contributed by atoms with E-state index in [4.69, 9.17) is 5.11 Å². The van der Waals surface area contributed by atoms with Gasteiger partial charge in [-0.3, -0.25) is 9.59 Å². The van der Waals surface area contributed by atoms with E-state index in [0.29, 0.717) is 11.3 Å². The molecule has 0 saturated carbocycles. The summed E-state index contributed by atoms with van der Waals surface area (Å²) < 4.78 is 4.69. The van der Waals surface area contributed by atoms with Crippen molar-refractivity contribution in [2.45, 2.75) is 13.0 Å². The lowest BCUT2D eigenvalue weighted by molar-refractivity contribution is -0.123. The molecule has 0 aliphatic carbocycles. The van der Waals surface area contributed by atoms with Crippen molar-refractivity contribution in [3.05, 3.63) is 29.8 Å². The van der Waals surface area contributed by atoms with Crippen LogP contribution >= 0.6 is 0 Å². The molecular weight excluding hydrogens is 238 g/mol. The number of carbonyl (C=O) groups is 3. The number of amides is 2. The number of ketones is 1. The number of Topliss-reactive ketones (excluding diaryl/α,β-unsaturated/α-hetero) is 1. The van der Waals surface area contributed by atoms with Gasteiger partial charge in [-0.2, -0.15) is 0 Å². The normalized spacial score (nSPS) is 19.0. The Kier molecular flexibility index (Phi) is 3.12. The number of cyclic esters (lactones) is 1. The summed E-state index contributed by atoms with van der Waals surface area (Å²) in [5.41, 5.74) is 0.795. The van der Waals surface area contributed by atoms with E-state index in [9.17, 15) is 14.4 Å². The maximum absolute atomic E-state index is 11.7. The van der Waals surface area contributed by atoms with Crippen molar-refractivity contribution >= 4 is 23.5 Å². The van der Waals surface area contributed by atoms with Gasteiger partial charge in [-0.15, -0.1) is 0 Å². The average Bonchev–Trinajstić information content (AvgIpc) is 2.64. The SMILES string of the molecule is CC(=O)c1ccc(N2C(=O)OC(CO)C2=O)cc1. The Balaban J connectivity index is 2.29. The standard InChI is InChI=1S/C12H11NO5/c1-7(15)8-2-4-9(5-3-8)13-11(16)10(6-14)18-12(13)17/h2-5,10,14H,6H2,1H3. The van der Waals surface area contributed by atoms with Gasteiger partial charge < -0.3 is 9.84 Å². The Labute approximate surface area is 103 Å². The predicted octanol–water partition coefficient (Wildman–Crippen LogP) is 0.733. The summed E-state index contributed by atoms with van der Waals surface area (Å²) in [7, 11) is 0. The first-order valence-electron chi connectivity index (χ1n) is 5.31. The lowest BCUT2D eigenvalue weighted by Crippen LogP contribution is -2.32. The third-order valence-electron chi connectivity index (χ3n) is 2.62. The smallest absolute Gasteiger partial charge is 0.422 e. The molecule has 0 bridgehead atoms. The topological polar surface area (TPSA) is 83.9 Å². The van der Waals surface area contributed by atoms with Gasteiger partial charge in [0, 0.05) is 5.56 Å². The molecule has 1 saturated heterocycles. The number of benzene rings is 1. The van der Waals surface area contributed by atoms with Gasteiger partial charge in [0.2, 0.25) is 6.10 Å². The monoisotopic (exact) mass is 249 g/mol. The molecule has 18 heavy (non-hydrogen) atoms. The number of anilines is 1. The first-order valence-corrected chi connectivity index (χ1v) is 5.31. The zero-order chi connectivity index (χ0) is 13.3. The van der Waals surface area contributed by atoms with Crippen molar-refractivity contribution < 1.29 is 24.2 Å². The fourth-order valence-corrected chi connectivity index (χ4v) is 1.65. The maximum atomic E-state index is 11.7. The third kappa shape index (κ3) is 1.98. The molecular formula is C12H11NO5. The van der Waals surface area contributed by atoms with Gasteiger partial charge in [0.25, 0.3) is 5.91 Å². The molecule has 94 valence electrons. The van der Waals surface area contributed by atoms with Crippen molar-refractivity contribution in [2.75, 3.05) is 11.5 Å². The second kappa shape index (κ2) is 4.58. The van der Waals surface area contributed by atoms with Crippen LogP contribution in [0, 0.1) is 0 Å². The zero-order valence-corrected chi connectivity index (χ0v) is 9.62. The molecule has 1 heterocycles. The van der Waals surface area contributed by atoms with E-state index in [-0.39, 0.29) is 5.78 Å². The van der Waals surface area contributed by atoms with Crippen LogP contribution in [0.4, 0.5) is 10.5 Å². The van der Waals surface area contributed by atoms with E-state index < -0.39 is 24.7 Å². The third-order valence-corrected chi connectivity index (χ3v) is 2.62. The summed E-state index contributed by atoms with van der Waals surface area (Å²) in [6.07, 6.45) is -1.97. The van der Waals surface area contributed by atoms with Crippen LogP contribution < -0.4 is 4.90 Å². The van der Waals surface area contributed by atoms with Crippen LogP contribution in [0.1, 0.15) is 17.3 Å². The summed E-state index contributed by atoms with van der Waals surface area (Å²) >= 11 is 0. The van der Waals surface area contributed by atoms with Gasteiger partial charge in [0.15, 0.2) is 5.78 Å². The van der Waals surface area contributed by atoms with Gasteiger partial charge in [0.1, 0.15) is 0 Å². The van der Waals surface area contributed by atoms with Crippen LogP contribution in [0.3, 0.4) is 0 Å². The van der Waals surface area contributed by atoms with Crippen LogP contribution in [0.15, 0.2) is 24.3 Å². The molecule has 2 amide bonds. The van der Waals surface area contributed by atoms with E-state index in [1.165, 1.54) is 31.2 Å². The van der Waals surface area contributed by atoms with E-state index in [1.807, 2.05) is 0 Å². The molecule has 2 rings (SSSR count). The molecule has 1 aromatic carbocycles. The minimum Gasteiger partial charge on any atom is -0.433 e. The van der Waals surface area contributed by atoms with Crippen molar-refractivity contribution in [3.63, 3.8) is 0 Å². The molecule has 1 aliphatic rings. The molecule has 0 radical (unpaired) electrons. The molecule has 1 atom stereocenters. The number of hydrogen-bond donors (Lipinski definition) is 1. The summed E-state index contributed by atoms with van der Waals surface area (Å²) in [6, 6.07) is 6.00. The lowest BCUT2D eigenvalue weighted by atomic mass is 10.1. The van der Waals surface area contributed by atoms with E-state index in [2.05, 4.69) is 4.74 Å². The number of aliphatic hydroxyl groups is 1. The summed E-state index contributed by atoms with van der Waals surface area (Å²) in [4.78, 5) is 35.1. The second-order valence-corrected chi connectivity index (χ2v) is 3.83. The number of rotatable bonds is 3. The molecule has 1 aromatic rings. The number of carbonyl (C=O) groups excluding carboxylic acids is 3. The first kappa shape index (κ1) is 12.3. The van der Waals surface area contributed by atoms with Gasteiger partial charge in [-0.05, 0) is 31.2 Å². The highest BCUT2D eigenvalue weighted by molar-refractivity contribution is 6.18. The van der Waals surface area contributed by atoms with E-state index in [0.717, 1.165) is 4.90 Å². The van der Waals surface area contributed by atoms with Gasteiger partial charge in [-0.1, -0.05) is 0 Å². The maximum Gasteiger partial charge on any atom is 0.422 e. The molecule has 1 fully saturated rings. The summed E-state index contributed by atoms with van der Waals surface area (Å²) in [5, 5.41) is 8.87. The Morgan fingerprint density at radius 3 is 2.39 bits per heavy atom. The van der Waals surface area contributed by atoms with Crippen LogP contribution in [0.25, 0.3) is 0 Å². The number of imide groups is 1. The number of aliphatic hydroxyl groups excluding tert-OH is 1. The molecule has 6 heteroatoms. The highest BCUT2D eigenvalue weighted by Gasteiger charge is 2.41. The van der Waals surface area contributed by atoms with Crippen LogP contribution in [0.2, 0.25) is 0 Å². The Hall–Kier alpha value is -2.21. The molecule has 1 aliphatic heterocycles. The molecule has 0 aromatic heterocycles. The summed E-state index contributed by atoms with van der Waals surface area (Å²) in [6.45, 7) is 0.874. The predicted molar refractivity (Wildman–Crippen MR) is 61.3 cm³/mol. The Bertz CT molecular complexity index is 508. The van der Waals surface area contributed by atoms with Crippen molar-refractivity contribution in [3.8, 4) is 0 Å². The number of nitrogens with zero attached hydrogens (tertiary/aromatic N) is 1. The van der Waals surface area contributed by atoms with Crippen LogP contribution in [-0.2, 0) is 9.53 Å². The van der Waals surface area contributed by atoms with Crippen LogP contribution in [0.5, 0.6) is 0 Å². The van der Waals surface area contributed by atoms with Crippen molar-refractivity contribution in [2.24, 2.45) is 0 Å². The van der Waals surface area contributed by atoms with Gasteiger partial charge >= 0.3 is 6.09 Å². The van der Waals surface area contributed by atoms with Crippen LogP contribution in [-0.4, -0.2) is 35.6 Å². The molecule has 1 unspecified atom stereocenters. The van der Waals surface area contributed by atoms with E-state index in [1.54, 1.807) is 0 Å². The van der Waals surface area contributed by atoms with Gasteiger partial charge in [0.05, 0.1) is 12.3 Å². The Morgan fingerprint density at radius 2 is 1.94 bits per heavy atom. The summed E-state index contributed by atoms with van der Waals surface area (Å²) in [5.74, 6) is -0.719. The quantitative estimate of drug-likeness (QED) is 0.798. The van der Waals surface area contributed by atoms with Crippen molar-refractivity contribution in [1.82, 2.24) is 0 Å². The highest BCUT2D eigenvalue weighted by Crippen LogP contribution is 2.23. The van der Waals surface area contributed by atoms with Crippen molar-refractivity contribution in [1.29, 1.82) is 0 Å². The fraction of sp³-hybridized carbons (Fsp3) is 0.250. The fourth-order valence-electron chi connectivity index (χ4n) is 1.65. The van der Waals surface area contributed by atoms with E-state index >= 15 is 0 Å². The molecule has 0 spiro atoms. The Morgan fingerprint density at radius 1 is 1.33 bits per heavy atom. The molecule has 6 nitrogen and oxygen atoms in total. The lowest BCUT2D eigenvalue weighted by Gasteiger charge is -2.11. The van der Waals surface area contributed by atoms with Gasteiger partial charge in [-0.25, -0.2) is 9.69 Å². The minimum atomic E-state index is -1.15. The zero-order valence-electron chi connectivity index (χ0n) is 9.62. The first-order chi connectivity index (χ1) is 8.54. The highest BCUT2D eigenvalue weighted by atomic mass is 16.6. The minimum absolute atomic E-state index is 0.106.